The Bertz CT molecular complexity index is 506. The van der Waals surface area contributed by atoms with Gasteiger partial charge in [-0.15, -0.1) is 0 Å². The minimum Gasteiger partial charge on any atom is -0.383 e. The summed E-state index contributed by atoms with van der Waals surface area (Å²) >= 11 is 0. The number of aromatic nitrogens is 1. The number of hydrogen-bond acceptors (Lipinski definition) is 3. The molecule has 2 rings (SSSR count). The van der Waals surface area contributed by atoms with E-state index in [-0.39, 0.29) is 0 Å². The predicted molar refractivity (Wildman–Crippen MR) is 73.5 cm³/mol. The molecule has 2 aromatic rings. The number of benzene rings is 1. The molecular formula is C14H19N3. The van der Waals surface area contributed by atoms with Crippen LogP contribution in [0.4, 0.5) is 5.69 Å². The number of anilines is 1. The zero-order valence-electron chi connectivity index (χ0n) is 10.7. The fraction of sp³-hybridized carbons (Fsp3) is 0.357. The van der Waals surface area contributed by atoms with Gasteiger partial charge in [-0.05, 0) is 33.2 Å². The molecule has 3 nitrogen and oxygen atoms in total. The Morgan fingerprint density at radius 2 is 2.00 bits per heavy atom. The number of rotatable bonds is 4. The molecule has 0 atom stereocenters. The molecule has 0 spiro atoms. The molecule has 0 unspecified atom stereocenters. The Morgan fingerprint density at radius 1 is 1.24 bits per heavy atom. The van der Waals surface area contributed by atoms with Gasteiger partial charge in [-0.25, -0.2) is 0 Å². The van der Waals surface area contributed by atoms with Crippen LogP contribution in [-0.4, -0.2) is 37.1 Å². The lowest BCUT2D eigenvalue weighted by atomic mass is 10.1. The van der Waals surface area contributed by atoms with Crippen LogP contribution >= 0.6 is 0 Å². The highest BCUT2D eigenvalue weighted by molar-refractivity contribution is 5.91. The summed E-state index contributed by atoms with van der Waals surface area (Å²) in [4.78, 5) is 6.70. The van der Waals surface area contributed by atoms with E-state index in [9.17, 15) is 0 Å². The van der Waals surface area contributed by atoms with Crippen LogP contribution in [0.2, 0.25) is 0 Å². The van der Waals surface area contributed by atoms with Crippen molar-refractivity contribution >= 4 is 16.6 Å². The maximum atomic E-state index is 4.53. The van der Waals surface area contributed by atoms with Gasteiger partial charge < -0.3 is 10.2 Å². The monoisotopic (exact) mass is 229 g/mol. The van der Waals surface area contributed by atoms with Gasteiger partial charge in [-0.1, -0.05) is 18.2 Å². The van der Waals surface area contributed by atoms with Gasteiger partial charge in [-0.3, -0.25) is 4.98 Å². The zero-order chi connectivity index (χ0) is 12.3. The van der Waals surface area contributed by atoms with E-state index < -0.39 is 0 Å². The summed E-state index contributed by atoms with van der Waals surface area (Å²) in [5.41, 5.74) is 3.28. The standard InChI is InChI=1S/C14H19N3/c1-11-10-14(15-8-9-17(2)3)12-6-4-5-7-13(12)16-11/h4-7,10H,8-9H2,1-3H3,(H,15,16). The molecular weight excluding hydrogens is 210 g/mol. The first-order valence-corrected chi connectivity index (χ1v) is 5.92. The van der Waals surface area contributed by atoms with Crippen LogP contribution in [0, 0.1) is 6.92 Å². The number of pyridine rings is 1. The van der Waals surface area contributed by atoms with Crippen LogP contribution in [0.1, 0.15) is 5.69 Å². The molecule has 3 heteroatoms. The second-order valence-corrected chi connectivity index (χ2v) is 4.56. The van der Waals surface area contributed by atoms with Gasteiger partial charge in [0.05, 0.1) is 5.52 Å². The molecule has 0 saturated heterocycles. The molecule has 1 N–H and O–H groups in total. The summed E-state index contributed by atoms with van der Waals surface area (Å²) in [5, 5.41) is 4.67. The van der Waals surface area contributed by atoms with E-state index in [0.717, 1.165) is 24.3 Å². The average molecular weight is 229 g/mol. The first-order valence-electron chi connectivity index (χ1n) is 5.92. The highest BCUT2D eigenvalue weighted by atomic mass is 15.1. The van der Waals surface area contributed by atoms with E-state index in [1.165, 1.54) is 11.1 Å². The van der Waals surface area contributed by atoms with Crippen molar-refractivity contribution in [2.75, 3.05) is 32.5 Å². The summed E-state index contributed by atoms with van der Waals surface area (Å²) in [6.45, 7) is 4.00. The molecule has 0 aliphatic carbocycles. The van der Waals surface area contributed by atoms with Crippen molar-refractivity contribution in [1.82, 2.24) is 9.88 Å². The summed E-state index contributed by atoms with van der Waals surface area (Å²) in [5.74, 6) is 0. The van der Waals surface area contributed by atoms with Gasteiger partial charge in [0.1, 0.15) is 0 Å². The molecule has 1 heterocycles. The van der Waals surface area contributed by atoms with Crippen LogP contribution in [-0.2, 0) is 0 Å². The minimum atomic E-state index is 0.945. The quantitative estimate of drug-likeness (QED) is 0.873. The number of para-hydroxylation sites is 1. The maximum Gasteiger partial charge on any atom is 0.0725 e. The third-order valence-electron chi connectivity index (χ3n) is 2.72. The van der Waals surface area contributed by atoms with Crippen molar-refractivity contribution in [3.63, 3.8) is 0 Å². The molecule has 0 aliphatic heterocycles. The van der Waals surface area contributed by atoms with Gasteiger partial charge in [0.15, 0.2) is 0 Å². The van der Waals surface area contributed by atoms with Gasteiger partial charge in [0, 0.05) is 29.9 Å². The molecule has 0 saturated carbocycles. The SMILES string of the molecule is Cc1cc(NCCN(C)C)c2ccccc2n1. The molecule has 0 bridgehead atoms. The van der Waals surface area contributed by atoms with E-state index in [1.807, 2.05) is 13.0 Å². The van der Waals surface area contributed by atoms with E-state index >= 15 is 0 Å². The smallest absolute Gasteiger partial charge is 0.0725 e. The Labute approximate surface area is 102 Å². The zero-order valence-corrected chi connectivity index (χ0v) is 10.7. The normalized spacial score (nSPS) is 11.1. The number of likely N-dealkylation sites (N-methyl/N-ethyl adjacent to an activating group) is 1. The van der Waals surface area contributed by atoms with E-state index in [4.69, 9.17) is 0 Å². The van der Waals surface area contributed by atoms with Crippen molar-refractivity contribution < 1.29 is 0 Å². The number of aryl methyl sites for hydroxylation is 1. The molecule has 0 fully saturated rings. The van der Waals surface area contributed by atoms with E-state index in [1.54, 1.807) is 0 Å². The average Bonchev–Trinajstić information content (AvgIpc) is 2.28. The van der Waals surface area contributed by atoms with Crippen molar-refractivity contribution in [2.45, 2.75) is 6.92 Å². The second-order valence-electron chi connectivity index (χ2n) is 4.56. The number of nitrogens with zero attached hydrogens (tertiary/aromatic N) is 2. The molecule has 0 aliphatic rings. The fourth-order valence-corrected chi connectivity index (χ4v) is 1.87. The topological polar surface area (TPSA) is 28.2 Å². The van der Waals surface area contributed by atoms with Crippen molar-refractivity contribution in [2.24, 2.45) is 0 Å². The molecule has 1 aromatic carbocycles. The lowest BCUT2D eigenvalue weighted by molar-refractivity contribution is 0.425. The van der Waals surface area contributed by atoms with Gasteiger partial charge >= 0.3 is 0 Å². The highest BCUT2D eigenvalue weighted by Gasteiger charge is 2.02. The van der Waals surface area contributed by atoms with E-state index in [0.29, 0.717) is 0 Å². The third-order valence-corrected chi connectivity index (χ3v) is 2.72. The summed E-state index contributed by atoms with van der Waals surface area (Å²) < 4.78 is 0. The molecule has 1 aromatic heterocycles. The van der Waals surface area contributed by atoms with Crippen LogP contribution in [0.3, 0.4) is 0 Å². The Hall–Kier alpha value is -1.61. The first-order chi connectivity index (χ1) is 8.16. The minimum absolute atomic E-state index is 0.945. The van der Waals surface area contributed by atoms with Crippen molar-refractivity contribution in [1.29, 1.82) is 0 Å². The summed E-state index contributed by atoms with van der Waals surface area (Å²) in [6.07, 6.45) is 0. The highest BCUT2D eigenvalue weighted by Crippen LogP contribution is 2.22. The lowest BCUT2D eigenvalue weighted by Crippen LogP contribution is -2.20. The maximum absolute atomic E-state index is 4.53. The second kappa shape index (κ2) is 5.15. The lowest BCUT2D eigenvalue weighted by Gasteiger charge is -2.13. The first kappa shape index (κ1) is 11.9. The van der Waals surface area contributed by atoms with Gasteiger partial charge in [0.25, 0.3) is 0 Å². The van der Waals surface area contributed by atoms with Gasteiger partial charge in [-0.2, -0.15) is 0 Å². The number of nitrogens with one attached hydrogen (secondary N) is 1. The van der Waals surface area contributed by atoms with Crippen LogP contribution in [0.15, 0.2) is 30.3 Å². The number of hydrogen-bond donors (Lipinski definition) is 1. The molecule has 17 heavy (non-hydrogen) atoms. The Kier molecular flexibility index (Phi) is 3.59. The Balaban J connectivity index is 2.26. The predicted octanol–water partition coefficient (Wildman–Crippen LogP) is 2.52. The Morgan fingerprint density at radius 3 is 2.76 bits per heavy atom. The third kappa shape index (κ3) is 2.94. The van der Waals surface area contributed by atoms with Gasteiger partial charge in [0.2, 0.25) is 0 Å². The summed E-state index contributed by atoms with van der Waals surface area (Å²) in [7, 11) is 4.16. The van der Waals surface area contributed by atoms with Crippen molar-refractivity contribution in [3.05, 3.63) is 36.0 Å². The largest absolute Gasteiger partial charge is 0.383 e. The van der Waals surface area contributed by atoms with Crippen LogP contribution in [0.5, 0.6) is 0 Å². The summed E-state index contributed by atoms with van der Waals surface area (Å²) in [6, 6.07) is 10.4. The van der Waals surface area contributed by atoms with Crippen LogP contribution in [0.25, 0.3) is 10.9 Å². The van der Waals surface area contributed by atoms with E-state index in [2.05, 4.69) is 53.6 Å². The number of fused-ring (bicyclic) bond motifs is 1. The van der Waals surface area contributed by atoms with Crippen molar-refractivity contribution in [3.8, 4) is 0 Å². The molecule has 0 amide bonds. The molecule has 0 radical (unpaired) electrons. The fourth-order valence-electron chi connectivity index (χ4n) is 1.87. The molecule has 90 valence electrons. The van der Waals surface area contributed by atoms with Crippen LogP contribution < -0.4 is 5.32 Å².